The molecule has 144 valence electrons. The van der Waals surface area contributed by atoms with E-state index in [9.17, 15) is 4.79 Å². The number of carbonyl (C=O) groups is 1. The predicted octanol–water partition coefficient (Wildman–Crippen LogP) is 6.97. The van der Waals surface area contributed by atoms with Crippen LogP contribution in [0.15, 0.2) is 97.1 Å². The number of H-pyrrole nitrogens is 1. The van der Waals surface area contributed by atoms with Crippen LogP contribution < -0.4 is 5.32 Å². The molecule has 0 unspecified atom stereocenters. The van der Waals surface area contributed by atoms with Crippen LogP contribution in [-0.2, 0) is 0 Å². The van der Waals surface area contributed by atoms with Crippen LogP contribution in [0, 0.1) is 4.51 Å². The summed E-state index contributed by atoms with van der Waals surface area (Å²) in [5, 5.41) is 6.28. The molecule has 1 heterocycles. The van der Waals surface area contributed by atoms with Crippen LogP contribution in [0.3, 0.4) is 0 Å². The van der Waals surface area contributed by atoms with Gasteiger partial charge in [0.05, 0.1) is 4.51 Å². The molecular formula is C26H18N2OS. The number of fused-ring (bicyclic) bond motifs is 2. The molecule has 0 fully saturated rings. The summed E-state index contributed by atoms with van der Waals surface area (Å²) in [7, 11) is 0. The molecule has 0 bridgehead atoms. The van der Waals surface area contributed by atoms with Gasteiger partial charge in [0.1, 0.15) is 5.82 Å². The molecule has 0 spiro atoms. The summed E-state index contributed by atoms with van der Waals surface area (Å²) in [6.07, 6.45) is 0. The van der Waals surface area contributed by atoms with Crippen molar-refractivity contribution in [3.8, 4) is 11.1 Å². The van der Waals surface area contributed by atoms with Gasteiger partial charge in [0.25, 0.3) is 5.91 Å². The SMILES string of the molecule is O=C(Nc1[nH]c2ccccc2c(=S)c1-c1ccc2ccccc2c1)c1ccccc1. The molecule has 5 aromatic rings. The summed E-state index contributed by atoms with van der Waals surface area (Å²) >= 11 is 5.88. The molecule has 5 rings (SSSR count). The average Bonchev–Trinajstić information content (AvgIpc) is 2.79. The molecule has 0 aliphatic heterocycles. The summed E-state index contributed by atoms with van der Waals surface area (Å²) in [5.74, 6) is 0.418. The molecule has 0 aliphatic rings. The Bertz CT molecular complexity index is 1450. The van der Waals surface area contributed by atoms with Crippen molar-refractivity contribution in [1.29, 1.82) is 0 Å². The summed E-state index contributed by atoms with van der Waals surface area (Å²) < 4.78 is 0.711. The van der Waals surface area contributed by atoms with Crippen molar-refractivity contribution in [2.24, 2.45) is 0 Å². The quantitative estimate of drug-likeness (QED) is 0.318. The van der Waals surface area contributed by atoms with Gasteiger partial charge in [-0.2, -0.15) is 0 Å². The number of pyridine rings is 1. The fraction of sp³-hybridized carbons (Fsp3) is 0. The van der Waals surface area contributed by atoms with Gasteiger partial charge in [0.2, 0.25) is 0 Å². The van der Waals surface area contributed by atoms with Crippen LogP contribution in [0.25, 0.3) is 32.8 Å². The fourth-order valence-corrected chi connectivity index (χ4v) is 4.12. The van der Waals surface area contributed by atoms with Gasteiger partial charge in [-0.3, -0.25) is 4.79 Å². The first-order valence-corrected chi connectivity index (χ1v) is 10.1. The molecule has 4 heteroatoms. The minimum atomic E-state index is -0.182. The van der Waals surface area contributed by atoms with Gasteiger partial charge in [-0.05, 0) is 40.6 Å². The van der Waals surface area contributed by atoms with E-state index in [1.165, 1.54) is 0 Å². The number of hydrogen-bond donors (Lipinski definition) is 2. The monoisotopic (exact) mass is 406 g/mol. The van der Waals surface area contributed by atoms with Crippen LogP contribution in [0.5, 0.6) is 0 Å². The lowest BCUT2D eigenvalue weighted by molar-refractivity contribution is 0.102. The molecule has 2 N–H and O–H groups in total. The Morgan fingerprint density at radius 2 is 1.47 bits per heavy atom. The number of rotatable bonds is 3. The normalized spacial score (nSPS) is 10.9. The topological polar surface area (TPSA) is 44.9 Å². The third-order valence-corrected chi connectivity index (χ3v) is 5.65. The summed E-state index contributed by atoms with van der Waals surface area (Å²) in [6, 6.07) is 31.5. The van der Waals surface area contributed by atoms with Crippen LogP contribution >= 0.6 is 12.2 Å². The zero-order valence-corrected chi connectivity index (χ0v) is 16.9. The minimum absolute atomic E-state index is 0.182. The van der Waals surface area contributed by atoms with E-state index >= 15 is 0 Å². The number of benzene rings is 4. The van der Waals surface area contributed by atoms with E-state index in [0.29, 0.717) is 15.9 Å². The predicted molar refractivity (Wildman–Crippen MR) is 126 cm³/mol. The number of nitrogens with one attached hydrogen (secondary N) is 2. The van der Waals surface area contributed by atoms with Crippen molar-refractivity contribution < 1.29 is 4.79 Å². The number of aromatic amines is 1. The first kappa shape index (κ1) is 18.3. The van der Waals surface area contributed by atoms with Gasteiger partial charge < -0.3 is 10.3 Å². The van der Waals surface area contributed by atoms with E-state index in [4.69, 9.17) is 12.2 Å². The molecular weight excluding hydrogens is 388 g/mol. The number of amides is 1. The van der Waals surface area contributed by atoms with Crippen LogP contribution in [0.1, 0.15) is 10.4 Å². The highest BCUT2D eigenvalue weighted by Gasteiger charge is 2.15. The number of hydrogen-bond acceptors (Lipinski definition) is 2. The van der Waals surface area contributed by atoms with E-state index in [0.717, 1.165) is 32.8 Å². The molecule has 0 saturated carbocycles. The molecule has 0 radical (unpaired) electrons. The highest BCUT2D eigenvalue weighted by atomic mass is 32.1. The smallest absolute Gasteiger partial charge is 0.256 e. The standard InChI is InChI=1S/C26H18N2OS/c29-26(18-9-2-1-3-10-18)28-25-23(24(30)21-12-6-7-13-22(21)27-25)20-15-14-17-8-4-5-11-19(17)16-20/h1-16H,(H2,27,28,29,30). The molecule has 4 aromatic carbocycles. The molecule has 3 nitrogen and oxygen atoms in total. The number of carbonyl (C=O) groups excluding carboxylic acids is 1. The summed E-state index contributed by atoms with van der Waals surface area (Å²) in [6.45, 7) is 0. The lowest BCUT2D eigenvalue weighted by Gasteiger charge is -2.15. The Labute approximate surface area is 179 Å². The summed E-state index contributed by atoms with van der Waals surface area (Å²) in [4.78, 5) is 16.3. The second-order valence-corrected chi connectivity index (χ2v) is 7.54. The molecule has 1 aromatic heterocycles. The zero-order chi connectivity index (χ0) is 20.5. The maximum Gasteiger partial charge on any atom is 0.256 e. The maximum atomic E-state index is 12.9. The highest BCUT2D eigenvalue weighted by Crippen LogP contribution is 2.34. The average molecular weight is 407 g/mol. The lowest BCUT2D eigenvalue weighted by atomic mass is 10.00. The number of anilines is 1. The first-order chi connectivity index (χ1) is 14.7. The van der Waals surface area contributed by atoms with Crippen molar-refractivity contribution >= 4 is 45.6 Å². The van der Waals surface area contributed by atoms with Crippen molar-refractivity contribution in [3.05, 3.63) is 107 Å². The van der Waals surface area contributed by atoms with Crippen molar-refractivity contribution in [2.45, 2.75) is 0 Å². The summed E-state index contributed by atoms with van der Waals surface area (Å²) in [5.41, 5.74) is 3.26. The Balaban J connectivity index is 1.72. The Morgan fingerprint density at radius 3 is 2.30 bits per heavy atom. The van der Waals surface area contributed by atoms with Gasteiger partial charge in [0.15, 0.2) is 0 Å². The van der Waals surface area contributed by atoms with E-state index in [2.05, 4.69) is 34.6 Å². The Morgan fingerprint density at radius 1 is 0.767 bits per heavy atom. The van der Waals surface area contributed by atoms with Crippen molar-refractivity contribution in [2.75, 3.05) is 5.32 Å². The lowest BCUT2D eigenvalue weighted by Crippen LogP contribution is -2.14. The van der Waals surface area contributed by atoms with Gasteiger partial charge in [0, 0.05) is 22.0 Å². The van der Waals surface area contributed by atoms with Crippen LogP contribution in [0.4, 0.5) is 5.82 Å². The van der Waals surface area contributed by atoms with Crippen LogP contribution in [0.2, 0.25) is 0 Å². The Hall–Kier alpha value is -3.76. The van der Waals surface area contributed by atoms with Crippen LogP contribution in [-0.4, -0.2) is 10.9 Å². The molecule has 0 atom stereocenters. The number of para-hydroxylation sites is 1. The van der Waals surface area contributed by atoms with Gasteiger partial charge in [-0.25, -0.2) is 0 Å². The Kier molecular flexibility index (Phi) is 4.62. The zero-order valence-electron chi connectivity index (χ0n) is 16.1. The van der Waals surface area contributed by atoms with E-state index < -0.39 is 0 Å². The third-order valence-electron chi connectivity index (χ3n) is 5.22. The molecule has 30 heavy (non-hydrogen) atoms. The second kappa shape index (κ2) is 7.58. The maximum absolute atomic E-state index is 12.9. The highest BCUT2D eigenvalue weighted by molar-refractivity contribution is 7.71. The first-order valence-electron chi connectivity index (χ1n) is 9.71. The largest absolute Gasteiger partial charge is 0.341 e. The molecule has 0 saturated heterocycles. The van der Waals surface area contributed by atoms with Gasteiger partial charge in [-0.15, -0.1) is 0 Å². The van der Waals surface area contributed by atoms with E-state index in [1.54, 1.807) is 12.1 Å². The molecule has 1 amide bonds. The number of aromatic nitrogens is 1. The van der Waals surface area contributed by atoms with Crippen molar-refractivity contribution in [3.63, 3.8) is 0 Å². The fourth-order valence-electron chi connectivity index (χ4n) is 3.72. The molecule has 0 aliphatic carbocycles. The van der Waals surface area contributed by atoms with Gasteiger partial charge >= 0.3 is 0 Å². The van der Waals surface area contributed by atoms with Gasteiger partial charge in [-0.1, -0.05) is 85.0 Å². The minimum Gasteiger partial charge on any atom is -0.341 e. The van der Waals surface area contributed by atoms with E-state index in [1.807, 2.05) is 60.7 Å². The third kappa shape index (κ3) is 3.27. The van der Waals surface area contributed by atoms with Crippen molar-refractivity contribution in [1.82, 2.24) is 4.98 Å². The second-order valence-electron chi connectivity index (χ2n) is 7.13. The van der Waals surface area contributed by atoms with E-state index in [-0.39, 0.29) is 5.91 Å².